The van der Waals surface area contributed by atoms with Gasteiger partial charge in [-0.2, -0.15) is 0 Å². The summed E-state index contributed by atoms with van der Waals surface area (Å²) in [5.41, 5.74) is 0.787. The van der Waals surface area contributed by atoms with Gasteiger partial charge in [-0.25, -0.2) is 4.39 Å². The van der Waals surface area contributed by atoms with Gasteiger partial charge in [0, 0.05) is 12.2 Å². The number of carbonyl (C=O) groups excluding carboxylic acids is 1. The van der Waals surface area contributed by atoms with E-state index in [1.165, 1.54) is 19.2 Å². The van der Waals surface area contributed by atoms with Gasteiger partial charge in [-0.1, -0.05) is 0 Å². The van der Waals surface area contributed by atoms with Gasteiger partial charge in [0.2, 0.25) is 0 Å². The predicted molar refractivity (Wildman–Crippen MR) is 51.5 cm³/mol. The van der Waals surface area contributed by atoms with E-state index < -0.39 is 0 Å². The van der Waals surface area contributed by atoms with Gasteiger partial charge < -0.3 is 10.1 Å². The van der Waals surface area contributed by atoms with E-state index in [1.54, 1.807) is 12.1 Å². The van der Waals surface area contributed by atoms with Crippen LogP contribution in [0.4, 0.5) is 10.1 Å². The average molecular weight is 197 g/mol. The SMILES string of the molecule is COC(=O)CCNc1ccc(F)cc1. The molecule has 0 spiro atoms. The minimum absolute atomic E-state index is 0.264. The second kappa shape index (κ2) is 5.21. The van der Waals surface area contributed by atoms with Crippen LogP contribution in [-0.2, 0) is 9.53 Å². The van der Waals surface area contributed by atoms with Crippen molar-refractivity contribution in [1.82, 2.24) is 0 Å². The van der Waals surface area contributed by atoms with Gasteiger partial charge in [0.1, 0.15) is 5.82 Å². The smallest absolute Gasteiger partial charge is 0.307 e. The fourth-order valence-electron chi connectivity index (χ4n) is 0.979. The highest BCUT2D eigenvalue weighted by Gasteiger charge is 1.98. The summed E-state index contributed by atoms with van der Waals surface area (Å²) in [7, 11) is 1.35. The van der Waals surface area contributed by atoms with Crippen molar-refractivity contribution >= 4 is 11.7 Å². The highest BCUT2D eigenvalue weighted by Crippen LogP contribution is 2.07. The van der Waals surface area contributed by atoms with Gasteiger partial charge >= 0.3 is 5.97 Å². The highest BCUT2D eigenvalue weighted by molar-refractivity contribution is 5.69. The van der Waals surface area contributed by atoms with Crippen LogP contribution in [-0.4, -0.2) is 19.6 Å². The van der Waals surface area contributed by atoms with Gasteiger partial charge in [-0.15, -0.1) is 0 Å². The Hall–Kier alpha value is -1.58. The van der Waals surface area contributed by atoms with Gasteiger partial charge in [0.15, 0.2) is 0 Å². The highest BCUT2D eigenvalue weighted by atomic mass is 19.1. The number of carbonyl (C=O) groups is 1. The third-order valence-corrected chi connectivity index (χ3v) is 1.73. The molecule has 0 saturated heterocycles. The number of hydrogen-bond acceptors (Lipinski definition) is 3. The third-order valence-electron chi connectivity index (χ3n) is 1.73. The lowest BCUT2D eigenvalue weighted by atomic mass is 10.3. The van der Waals surface area contributed by atoms with E-state index in [0.29, 0.717) is 13.0 Å². The first kappa shape index (κ1) is 10.5. The zero-order valence-electron chi connectivity index (χ0n) is 7.92. The Morgan fingerprint density at radius 2 is 2.07 bits per heavy atom. The molecule has 0 bridgehead atoms. The number of ether oxygens (including phenoxy) is 1. The molecule has 0 unspecified atom stereocenters. The molecule has 1 aromatic rings. The van der Waals surface area contributed by atoms with Crippen LogP contribution < -0.4 is 5.32 Å². The van der Waals surface area contributed by atoms with E-state index in [-0.39, 0.29) is 11.8 Å². The van der Waals surface area contributed by atoms with E-state index in [9.17, 15) is 9.18 Å². The first-order valence-corrected chi connectivity index (χ1v) is 4.28. The van der Waals surface area contributed by atoms with E-state index in [2.05, 4.69) is 10.1 Å². The predicted octanol–water partition coefficient (Wildman–Crippen LogP) is 1.80. The summed E-state index contributed by atoms with van der Waals surface area (Å²) in [6, 6.07) is 5.96. The lowest BCUT2D eigenvalue weighted by Crippen LogP contribution is -2.09. The topological polar surface area (TPSA) is 38.3 Å². The Kier molecular flexibility index (Phi) is 3.91. The maximum Gasteiger partial charge on any atom is 0.307 e. The summed E-state index contributed by atoms with van der Waals surface area (Å²) >= 11 is 0. The lowest BCUT2D eigenvalue weighted by molar-refractivity contribution is -0.140. The molecule has 0 saturated carbocycles. The Balaban J connectivity index is 2.31. The quantitative estimate of drug-likeness (QED) is 0.748. The van der Waals surface area contributed by atoms with Gasteiger partial charge in [0.05, 0.1) is 13.5 Å². The molecule has 0 amide bonds. The Labute approximate surface area is 81.9 Å². The van der Waals surface area contributed by atoms with E-state index in [1.807, 2.05) is 0 Å². The molecular weight excluding hydrogens is 185 g/mol. The van der Waals surface area contributed by atoms with Crippen molar-refractivity contribution in [2.75, 3.05) is 19.0 Å². The number of esters is 1. The Bertz CT molecular complexity index is 297. The van der Waals surface area contributed by atoms with Crippen LogP contribution in [0.2, 0.25) is 0 Å². The minimum atomic E-state index is -0.275. The zero-order valence-corrected chi connectivity index (χ0v) is 7.92. The van der Waals surface area contributed by atoms with Gasteiger partial charge in [-0.3, -0.25) is 4.79 Å². The number of benzene rings is 1. The normalized spacial score (nSPS) is 9.57. The van der Waals surface area contributed by atoms with Gasteiger partial charge in [-0.05, 0) is 24.3 Å². The van der Waals surface area contributed by atoms with E-state index in [4.69, 9.17) is 0 Å². The fraction of sp³-hybridized carbons (Fsp3) is 0.300. The van der Waals surface area contributed by atoms with Crippen LogP contribution in [0.1, 0.15) is 6.42 Å². The number of halogens is 1. The van der Waals surface area contributed by atoms with Crippen molar-refractivity contribution in [3.05, 3.63) is 30.1 Å². The van der Waals surface area contributed by atoms with E-state index >= 15 is 0 Å². The van der Waals surface area contributed by atoms with Gasteiger partial charge in [0.25, 0.3) is 0 Å². The second-order valence-electron chi connectivity index (χ2n) is 2.76. The molecule has 1 aromatic carbocycles. The van der Waals surface area contributed by atoms with Crippen LogP contribution in [0.15, 0.2) is 24.3 Å². The maximum atomic E-state index is 12.5. The summed E-state index contributed by atoms with van der Waals surface area (Å²) in [5, 5.41) is 2.97. The molecule has 0 heterocycles. The van der Waals surface area contributed by atoms with Crippen LogP contribution >= 0.6 is 0 Å². The molecular formula is C10H12FNO2. The van der Waals surface area contributed by atoms with Crippen molar-refractivity contribution in [1.29, 1.82) is 0 Å². The van der Waals surface area contributed by atoms with Crippen LogP contribution in [0.25, 0.3) is 0 Å². The number of methoxy groups -OCH3 is 1. The molecule has 1 N–H and O–H groups in total. The van der Waals surface area contributed by atoms with E-state index in [0.717, 1.165) is 5.69 Å². The van der Waals surface area contributed by atoms with Crippen molar-refractivity contribution in [3.8, 4) is 0 Å². The molecule has 1 rings (SSSR count). The molecule has 0 aliphatic heterocycles. The van der Waals surface area contributed by atoms with Crippen LogP contribution in [0, 0.1) is 5.82 Å². The van der Waals surface area contributed by atoms with Crippen LogP contribution in [0.5, 0.6) is 0 Å². The third kappa shape index (κ3) is 3.43. The summed E-state index contributed by atoms with van der Waals surface area (Å²) < 4.78 is 17.0. The largest absolute Gasteiger partial charge is 0.469 e. The lowest BCUT2D eigenvalue weighted by Gasteiger charge is -2.04. The molecule has 0 atom stereocenters. The van der Waals surface area contributed by atoms with Crippen LogP contribution in [0.3, 0.4) is 0 Å². The molecule has 0 aliphatic rings. The number of nitrogens with one attached hydrogen (secondary N) is 1. The number of hydrogen-bond donors (Lipinski definition) is 1. The molecule has 0 fully saturated rings. The number of rotatable bonds is 4. The molecule has 0 aliphatic carbocycles. The van der Waals surface area contributed by atoms with Crippen molar-refractivity contribution < 1.29 is 13.9 Å². The first-order chi connectivity index (χ1) is 6.72. The molecule has 4 heteroatoms. The molecule has 76 valence electrons. The summed E-state index contributed by atoms with van der Waals surface area (Å²) in [5.74, 6) is -0.539. The molecule has 0 radical (unpaired) electrons. The summed E-state index contributed by atoms with van der Waals surface area (Å²) in [6.45, 7) is 0.484. The molecule has 0 aromatic heterocycles. The first-order valence-electron chi connectivity index (χ1n) is 4.28. The second-order valence-corrected chi connectivity index (χ2v) is 2.76. The minimum Gasteiger partial charge on any atom is -0.469 e. The maximum absolute atomic E-state index is 12.5. The Morgan fingerprint density at radius 1 is 1.43 bits per heavy atom. The zero-order chi connectivity index (χ0) is 10.4. The monoisotopic (exact) mass is 197 g/mol. The summed E-state index contributed by atoms with van der Waals surface area (Å²) in [6.07, 6.45) is 0.299. The summed E-state index contributed by atoms with van der Waals surface area (Å²) in [4.78, 5) is 10.7. The average Bonchev–Trinajstić information content (AvgIpc) is 2.21. The molecule has 14 heavy (non-hydrogen) atoms. The molecule has 3 nitrogen and oxygen atoms in total. The standard InChI is InChI=1S/C10H12FNO2/c1-14-10(13)6-7-12-9-4-2-8(11)3-5-9/h2-5,12H,6-7H2,1H3. The van der Waals surface area contributed by atoms with Crippen molar-refractivity contribution in [3.63, 3.8) is 0 Å². The number of anilines is 1. The Morgan fingerprint density at radius 3 is 2.64 bits per heavy atom. The van der Waals surface area contributed by atoms with Crippen molar-refractivity contribution in [2.24, 2.45) is 0 Å². The fourth-order valence-corrected chi connectivity index (χ4v) is 0.979. The van der Waals surface area contributed by atoms with Crippen molar-refractivity contribution in [2.45, 2.75) is 6.42 Å².